The minimum Gasteiger partial charge on any atom is -0.350 e. The van der Waals surface area contributed by atoms with Gasteiger partial charge in [0.1, 0.15) is 11.5 Å². The van der Waals surface area contributed by atoms with Crippen molar-refractivity contribution in [3.05, 3.63) is 54.5 Å². The Hall–Kier alpha value is -3.00. The van der Waals surface area contributed by atoms with Crippen molar-refractivity contribution in [1.82, 2.24) is 33.9 Å². The van der Waals surface area contributed by atoms with Gasteiger partial charge in [-0.3, -0.25) is 9.30 Å². The van der Waals surface area contributed by atoms with Crippen LogP contribution in [0.25, 0.3) is 11.3 Å². The smallest absolute Gasteiger partial charge is 0.203 e. The predicted octanol–water partition coefficient (Wildman–Crippen LogP) is 1.65. The third kappa shape index (κ3) is 2.73. The van der Waals surface area contributed by atoms with Crippen LogP contribution in [0.2, 0.25) is 0 Å². The summed E-state index contributed by atoms with van der Waals surface area (Å²) in [5, 5.41) is 8.61. The number of hydrogen-bond acceptors (Lipinski definition) is 6. The first-order chi connectivity index (χ1) is 13.2. The van der Waals surface area contributed by atoms with Crippen molar-refractivity contribution in [2.24, 2.45) is 0 Å². The van der Waals surface area contributed by atoms with E-state index < -0.39 is 0 Å². The SMILES string of the molecule is CCc1nnc2c(N3CC(N(C)Cc4cn5ccccc5n4)C3)nccn12. The number of fused-ring (bicyclic) bond motifs is 2. The summed E-state index contributed by atoms with van der Waals surface area (Å²) in [6.07, 6.45) is 8.76. The second-order valence-corrected chi connectivity index (χ2v) is 7.09. The van der Waals surface area contributed by atoms with E-state index in [2.05, 4.69) is 49.6 Å². The number of imidazole rings is 1. The van der Waals surface area contributed by atoms with Crippen molar-refractivity contribution in [2.75, 3.05) is 25.0 Å². The minimum atomic E-state index is 0.477. The van der Waals surface area contributed by atoms with E-state index in [9.17, 15) is 0 Å². The molecule has 8 nitrogen and oxygen atoms in total. The normalized spacial score (nSPS) is 15.1. The van der Waals surface area contributed by atoms with Gasteiger partial charge in [0.05, 0.1) is 5.69 Å². The fourth-order valence-corrected chi connectivity index (χ4v) is 3.68. The second-order valence-electron chi connectivity index (χ2n) is 7.09. The Morgan fingerprint density at radius 2 is 2.07 bits per heavy atom. The molecule has 138 valence electrons. The maximum absolute atomic E-state index is 4.70. The summed E-state index contributed by atoms with van der Waals surface area (Å²) in [7, 11) is 2.16. The first kappa shape index (κ1) is 16.2. The molecular weight excluding hydrogens is 340 g/mol. The van der Waals surface area contributed by atoms with Gasteiger partial charge in [-0.25, -0.2) is 9.97 Å². The fourth-order valence-electron chi connectivity index (χ4n) is 3.68. The van der Waals surface area contributed by atoms with Crippen molar-refractivity contribution in [3.8, 4) is 0 Å². The highest BCUT2D eigenvalue weighted by molar-refractivity contribution is 5.65. The van der Waals surface area contributed by atoms with Crippen LogP contribution in [0, 0.1) is 0 Å². The van der Waals surface area contributed by atoms with Gasteiger partial charge in [0.2, 0.25) is 5.65 Å². The van der Waals surface area contributed by atoms with Gasteiger partial charge < -0.3 is 9.30 Å². The standard InChI is InChI=1S/C19H22N8/c1-3-16-22-23-19-18(20-7-9-27(16)19)26-12-15(13-26)24(2)10-14-11-25-8-5-4-6-17(25)21-14/h4-9,11,15H,3,10,12-13H2,1-2H3. The van der Waals surface area contributed by atoms with Gasteiger partial charge >= 0.3 is 0 Å². The van der Waals surface area contributed by atoms with E-state index in [0.29, 0.717) is 6.04 Å². The zero-order valence-corrected chi connectivity index (χ0v) is 15.5. The zero-order chi connectivity index (χ0) is 18.4. The quantitative estimate of drug-likeness (QED) is 0.538. The highest BCUT2D eigenvalue weighted by Gasteiger charge is 2.32. The first-order valence-corrected chi connectivity index (χ1v) is 9.29. The van der Waals surface area contributed by atoms with Crippen molar-refractivity contribution >= 4 is 17.1 Å². The number of rotatable bonds is 5. The Kier molecular flexibility index (Phi) is 3.78. The molecule has 1 saturated heterocycles. The lowest BCUT2D eigenvalue weighted by Gasteiger charge is -2.44. The van der Waals surface area contributed by atoms with Crippen molar-refractivity contribution in [1.29, 1.82) is 0 Å². The van der Waals surface area contributed by atoms with Gasteiger partial charge in [-0.15, -0.1) is 10.2 Å². The van der Waals surface area contributed by atoms with Gasteiger partial charge in [-0.05, 0) is 19.2 Å². The number of nitrogens with zero attached hydrogens (tertiary/aromatic N) is 8. The molecule has 0 aromatic carbocycles. The number of aromatic nitrogens is 6. The molecule has 0 radical (unpaired) electrons. The van der Waals surface area contributed by atoms with Crippen LogP contribution in [0.4, 0.5) is 5.82 Å². The molecule has 0 unspecified atom stereocenters. The molecule has 0 N–H and O–H groups in total. The molecule has 0 aliphatic carbocycles. The van der Waals surface area contributed by atoms with Crippen LogP contribution in [-0.2, 0) is 13.0 Å². The molecule has 5 heterocycles. The Morgan fingerprint density at radius 1 is 1.19 bits per heavy atom. The molecule has 1 fully saturated rings. The Labute approximate surface area is 157 Å². The van der Waals surface area contributed by atoms with E-state index in [0.717, 1.165) is 54.7 Å². The topological polar surface area (TPSA) is 66.9 Å². The van der Waals surface area contributed by atoms with E-state index in [1.54, 1.807) is 0 Å². The highest BCUT2D eigenvalue weighted by Crippen LogP contribution is 2.25. The average molecular weight is 362 g/mol. The minimum absolute atomic E-state index is 0.477. The molecule has 4 aromatic heterocycles. The summed E-state index contributed by atoms with van der Waals surface area (Å²) in [6, 6.07) is 6.55. The van der Waals surface area contributed by atoms with E-state index >= 15 is 0 Å². The summed E-state index contributed by atoms with van der Waals surface area (Å²) < 4.78 is 4.10. The van der Waals surface area contributed by atoms with Gasteiger partial charge in [0.25, 0.3) is 0 Å². The lowest BCUT2D eigenvalue weighted by molar-refractivity contribution is 0.195. The summed E-state index contributed by atoms with van der Waals surface area (Å²) in [5.41, 5.74) is 2.92. The second kappa shape index (κ2) is 6.31. The molecule has 0 spiro atoms. The molecule has 27 heavy (non-hydrogen) atoms. The van der Waals surface area contributed by atoms with Crippen molar-refractivity contribution in [2.45, 2.75) is 25.9 Å². The number of likely N-dealkylation sites (N-methyl/N-ethyl adjacent to an activating group) is 1. The molecule has 5 rings (SSSR count). The lowest BCUT2D eigenvalue weighted by atomic mass is 10.1. The van der Waals surface area contributed by atoms with Crippen LogP contribution in [0.5, 0.6) is 0 Å². The Bertz CT molecular complexity index is 1060. The zero-order valence-electron chi connectivity index (χ0n) is 15.5. The fraction of sp³-hybridized carbons (Fsp3) is 0.368. The molecule has 1 aliphatic heterocycles. The summed E-state index contributed by atoms with van der Waals surface area (Å²) in [6.45, 7) is 4.79. The Balaban J connectivity index is 1.28. The molecule has 1 aliphatic rings. The average Bonchev–Trinajstić information content (AvgIpc) is 3.23. The molecular formula is C19H22N8. The number of anilines is 1. The molecule has 0 atom stereocenters. The van der Waals surface area contributed by atoms with Crippen LogP contribution in [-0.4, -0.2) is 60.0 Å². The molecule has 0 saturated carbocycles. The Morgan fingerprint density at radius 3 is 2.89 bits per heavy atom. The maximum Gasteiger partial charge on any atom is 0.203 e. The van der Waals surface area contributed by atoms with Gasteiger partial charge in [-0.1, -0.05) is 13.0 Å². The summed E-state index contributed by atoms with van der Waals surface area (Å²) >= 11 is 0. The van der Waals surface area contributed by atoms with Crippen LogP contribution in [0.15, 0.2) is 43.0 Å². The van der Waals surface area contributed by atoms with Crippen LogP contribution < -0.4 is 4.90 Å². The third-order valence-corrected chi connectivity index (χ3v) is 5.31. The van der Waals surface area contributed by atoms with Crippen LogP contribution >= 0.6 is 0 Å². The summed E-state index contributed by atoms with van der Waals surface area (Å²) in [4.78, 5) is 13.9. The first-order valence-electron chi connectivity index (χ1n) is 9.29. The molecule has 0 amide bonds. The van der Waals surface area contributed by atoms with Gasteiger partial charge in [0.15, 0.2) is 5.82 Å². The molecule has 4 aromatic rings. The lowest BCUT2D eigenvalue weighted by Crippen LogP contribution is -2.58. The van der Waals surface area contributed by atoms with Crippen molar-refractivity contribution < 1.29 is 0 Å². The molecule has 0 bridgehead atoms. The number of pyridine rings is 1. The van der Waals surface area contributed by atoms with Gasteiger partial charge in [0, 0.05) is 56.9 Å². The van der Waals surface area contributed by atoms with E-state index in [-0.39, 0.29) is 0 Å². The van der Waals surface area contributed by atoms with Crippen LogP contribution in [0.3, 0.4) is 0 Å². The summed E-state index contributed by atoms with van der Waals surface area (Å²) in [5.74, 6) is 1.89. The number of aryl methyl sites for hydroxylation is 1. The highest BCUT2D eigenvalue weighted by atomic mass is 15.4. The predicted molar refractivity (Wildman–Crippen MR) is 103 cm³/mol. The third-order valence-electron chi connectivity index (χ3n) is 5.31. The van der Waals surface area contributed by atoms with Gasteiger partial charge in [-0.2, -0.15) is 0 Å². The van der Waals surface area contributed by atoms with Crippen LogP contribution in [0.1, 0.15) is 18.4 Å². The van der Waals surface area contributed by atoms with E-state index in [1.165, 1.54) is 0 Å². The molecule has 8 heteroatoms. The van der Waals surface area contributed by atoms with E-state index in [4.69, 9.17) is 4.98 Å². The van der Waals surface area contributed by atoms with E-state index in [1.807, 2.05) is 41.2 Å². The maximum atomic E-state index is 4.70. The number of hydrogen-bond donors (Lipinski definition) is 0. The largest absolute Gasteiger partial charge is 0.350 e. The monoisotopic (exact) mass is 362 g/mol. The van der Waals surface area contributed by atoms with Crippen molar-refractivity contribution in [3.63, 3.8) is 0 Å².